The number of nitrogens with zero attached hydrogens (tertiary/aromatic N) is 3. The molecule has 8 nitrogen and oxygen atoms in total. The average molecular weight is 549 g/mol. The number of sulfonamides is 1. The van der Waals surface area contributed by atoms with Crippen LogP contribution in [0.2, 0.25) is 5.02 Å². The molecule has 0 bridgehead atoms. The summed E-state index contributed by atoms with van der Waals surface area (Å²) in [7, 11) is -3.91. The van der Waals surface area contributed by atoms with E-state index in [0.717, 1.165) is 24.5 Å². The third-order valence-corrected chi connectivity index (χ3v) is 6.41. The van der Waals surface area contributed by atoms with Gasteiger partial charge in [-0.2, -0.15) is 23.3 Å². The molecule has 0 radical (unpaired) electrons. The molecule has 1 fully saturated rings. The Hall–Kier alpha value is -2.94. The van der Waals surface area contributed by atoms with Gasteiger partial charge in [-0.05, 0) is 41.6 Å². The van der Waals surface area contributed by atoms with Crippen LogP contribution in [0.3, 0.4) is 0 Å². The predicted octanol–water partition coefficient (Wildman–Crippen LogP) is 4.40. The number of amides is 2. The largest absolute Gasteiger partial charge is 0.416 e. The molecule has 4 rings (SSSR count). The highest BCUT2D eigenvalue weighted by Crippen LogP contribution is 2.35. The van der Waals surface area contributed by atoms with Crippen molar-refractivity contribution in [2.75, 3.05) is 6.26 Å². The number of aromatic nitrogens is 2. The fourth-order valence-electron chi connectivity index (χ4n) is 3.32. The monoisotopic (exact) mass is 548 g/mol. The SMILES string of the molecule is CS(=O)(=O)NN1C(=O)S/C(=C\c2cc3cnn(Cc4ccc(Cl)cc4C(F)(F)F)c3cc2F)C1=O. The van der Waals surface area contributed by atoms with E-state index in [9.17, 15) is 35.6 Å². The van der Waals surface area contributed by atoms with E-state index in [0.29, 0.717) is 22.2 Å². The number of halogens is 5. The van der Waals surface area contributed by atoms with Crippen LogP contribution >= 0.6 is 23.4 Å². The summed E-state index contributed by atoms with van der Waals surface area (Å²) < 4.78 is 79.0. The molecule has 3 aromatic rings. The van der Waals surface area contributed by atoms with E-state index in [4.69, 9.17) is 11.6 Å². The van der Waals surface area contributed by atoms with Gasteiger partial charge >= 0.3 is 11.4 Å². The van der Waals surface area contributed by atoms with Gasteiger partial charge in [-0.1, -0.05) is 17.7 Å². The number of carbonyl (C=O) groups excluding carboxylic acids is 2. The van der Waals surface area contributed by atoms with Crippen molar-refractivity contribution in [1.82, 2.24) is 19.6 Å². The van der Waals surface area contributed by atoms with Crippen molar-refractivity contribution in [1.29, 1.82) is 0 Å². The summed E-state index contributed by atoms with van der Waals surface area (Å²) in [4.78, 5) is 25.9. The van der Waals surface area contributed by atoms with E-state index in [1.165, 1.54) is 29.1 Å². The molecule has 0 atom stereocenters. The summed E-state index contributed by atoms with van der Waals surface area (Å²) in [5, 5.41) is 3.70. The van der Waals surface area contributed by atoms with Gasteiger partial charge in [0.2, 0.25) is 10.0 Å². The van der Waals surface area contributed by atoms with Crippen molar-refractivity contribution in [3.05, 3.63) is 69.0 Å². The number of carbonyl (C=O) groups is 2. The molecule has 0 spiro atoms. The molecule has 0 unspecified atom stereocenters. The van der Waals surface area contributed by atoms with E-state index in [1.807, 2.05) is 0 Å². The molecule has 1 aliphatic heterocycles. The van der Waals surface area contributed by atoms with Crippen LogP contribution in [0.1, 0.15) is 16.7 Å². The Morgan fingerprint density at radius 3 is 2.57 bits per heavy atom. The predicted molar refractivity (Wildman–Crippen MR) is 121 cm³/mol. The number of alkyl halides is 3. The summed E-state index contributed by atoms with van der Waals surface area (Å²) in [6, 6.07) is 5.66. The molecule has 2 heterocycles. The molecular formula is C20H13ClF4N4O4S2. The Morgan fingerprint density at radius 2 is 1.91 bits per heavy atom. The van der Waals surface area contributed by atoms with Gasteiger partial charge < -0.3 is 0 Å². The van der Waals surface area contributed by atoms with Crippen LogP contribution < -0.4 is 4.83 Å². The second kappa shape index (κ2) is 8.93. The number of hydrazine groups is 1. The molecule has 184 valence electrons. The lowest BCUT2D eigenvalue weighted by atomic mass is 10.1. The summed E-state index contributed by atoms with van der Waals surface area (Å²) in [5.41, 5.74) is -0.980. The highest BCUT2D eigenvalue weighted by molar-refractivity contribution is 8.18. The Bertz CT molecular complexity index is 1520. The van der Waals surface area contributed by atoms with Crippen molar-refractivity contribution in [2.45, 2.75) is 12.7 Å². The first kappa shape index (κ1) is 25.2. The third-order valence-electron chi connectivity index (χ3n) is 4.80. The maximum Gasteiger partial charge on any atom is 0.416 e. The van der Waals surface area contributed by atoms with Gasteiger partial charge in [-0.25, -0.2) is 12.8 Å². The fourth-order valence-corrected chi connectivity index (χ4v) is 4.82. The first-order chi connectivity index (χ1) is 16.2. The second-order valence-electron chi connectivity index (χ2n) is 7.41. The number of benzene rings is 2. The third kappa shape index (κ3) is 5.34. The number of imide groups is 1. The molecule has 1 aromatic heterocycles. The van der Waals surface area contributed by atoms with Crippen molar-refractivity contribution >= 4 is 61.5 Å². The Labute approximate surface area is 204 Å². The minimum atomic E-state index is -4.66. The minimum Gasteiger partial charge on any atom is -0.266 e. The van der Waals surface area contributed by atoms with Gasteiger partial charge in [0, 0.05) is 22.0 Å². The average Bonchev–Trinajstić information content (AvgIpc) is 3.23. The highest BCUT2D eigenvalue weighted by Gasteiger charge is 2.37. The maximum absolute atomic E-state index is 14.9. The zero-order valence-corrected chi connectivity index (χ0v) is 19.8. The number of fused-ring (bicyclic) bond motifs is 1. The maximum atomic E-state index is 14.9. The molecule has 15 heteroatoms. The molecular weight excluding hydrogens is 536 g/mol. The first-order valence-corrected chi connectivity index (χ1v) is 12.6. The number of nitrogens with one attached hydrogen (secondary N) is 1. The molecule has 2 aromatic carbocycles. The van der Waals surface area contributed by atoms with E-state index >= 15 is 0 Å². The van der Waals surface area contributed by atoms with Crippen LogP contribution in [0.15, 0.2) is 41.4 Å². The van der Waals surface area contributed by atoms with Crippen molar-refractivity contribution < 1.29 is 35.6 Å². The standard InChI is InChI=1S/C20H13ClF4N4O4S2/c1-35(32,33)27-29-18(30)17(34-19(29)31)5-11-4-12-8-26-28(16(12)7-15(11)22)9-10-2-3-13(21)6-14(10)20(23,24)25/h2-8,27H,9H2,1H3/b17-5-. The smallest absolute Gasteiger partial charge is 0.266 e. The quantitative estimate of drug-likeness (QED) is 0.375. The Morgan fingerprint density at radius 1 is 1.20 bits per heavy atom. The number of hydrogen-bond donors (Lipinski definition) is 1. The lowest BCUT2D eigenvalue weighted by Gasteiger charge is -2.14. The van der Waals surface area contributed by atoms with E-state index < -0.39 is 38.7 Å². The molecule has 1 aliphatic rings. The number of hydrogen-bond acceptors (Lipinski definition) is 6. The van der Waals surface area contributed by atoms with E-state index in [-0.39, 0.29) is 33.1 Å². The van der Waals surface area contributed by atoms with E-state index in [2.05, 4.69) is 5.10 Å². The van der Waals surface area contributed by atoms with Crippen LogP contribution in [0.4, 0.5) is 22.4 Å². The van der Waals surface area contributed by atoms with Crippen LogP contribution in [0.5, 0.6) is 0 Å². The second-order valence-corrected chi connectivity index (χ2v) is 10.6. The normalized spacial score (nSPS) is 16.2. The van der Waals surface area contributed by atoms with Crippen molar-refractivity contribution in [2.24, 2.45) is 0 Å². The van der Waals surface area contributed by atoms with Gasteiger partial charge in [0.05, 0.1) is 35.0 Å². The van der Waals surface area contributed by atoms with Gasteiger partial charge in [-0.3, -0.25) is 14.3 Å². The van der Waals surface area contributed by atoms with Crippen molar-refractivity contribution in [3.8, 4) is 0 Å². The number of thioether (sulfide) groups is 1. The first-order valence-electron chi connectivity index (χ1n) is 9.49. The van der Waals surface area contributed by atoms with Crippen LogP contribution in [-0.2, 0) is 27.5 Å². The Kier molecular flexibility index (Phi) is 6.42. The van der Waals surface area contributed by atoms with Crippen molar-refractivity contribution in [3.63, 3.8) is 0 Å². The van der Waals surface area contributed by atoms with Crippen LogP contribution in [0, 0.1) is 5.82 Å². The van der Waals surface area contributed by atoms with E-state index in [1.54, 1.807) is 4.83 Å². The molecule has 1 N–H and O–H groups in total. The summed E-state index contributed by atoms with van der Waals surface area (Å²) >= 11 is 6.12. The Balaban J connectivity index is 1.67. The molecule has 2 amide bonds. The molecule has 0 saturated carbocycles. The lowest BCUT2D eigenvalue weighted by molar-refractivity contribution is -0.138. The van der Waals surface area contributed by atoms with Gasteiger partial charge in [-0.15, -0.1) is 4.83 Å². The van der Waals surface area contributed by atoms with Crippen LogP contribution in [-0.4, -0.2) is 40.6 Å². The minimum absolute atomic E-state index is 0.0850. The lowest BCUT2D eigenvalue weighted by Crippen LogP contribution is -2.44. The van der Waals surface area contributed by atoms with Gasteiger partial charge in [0.25, 0.3) is 5.91 Å². The number of rotatable bonds is 5. The van der Waals surface area contributed by atoms with Gasteiger partial charge in [0.15, 0.2) is 0 Å². The zero-order chi connectivity index (χ0) is 25.7. The zero-order valence-electron chi connectivity index (χ0n) is 17.4. The van der Waals surface area contributed by atoms with Crippen LogP contribution in [0.25, 0.3) is 17.0 Å². The highest BCUT2D eigenvalue weighted by atomic mass is 35.5. The summed E-state index contributed by atoms with van der Waals surface area (Å²) in [6.07, 6.45) is -1.52. The summed E-state index contributed by atoms with van der Waals surface area (Å²) in [6.45, 7) is -0.315. The van der Waals surface area contributed by atoms with Gasteiger partial charge in [0.1, 0.15) is 5.82 Å². The molecule has 1 saturated heterocycles. The molecule has 35 heavy (non-hydrogen) atoms. The molecule has 0 aliphatic carbocycles. The topological polar surface area (TPSA) is 101 Å². The summed E-state index contributed by atoms with van der Waals surface area (Å²) in [5.74, 6) is -1.82. The fraction of sp³-hybridized carbons (Fsp3) is 0.150.